The van der Waals surface area contributed by atoms with Gasteiger partial charge < -0.3 is 4.57 Å². The van der Waals surface area contributed by atoms with E-state index in [1.807, 2.05) is 10.8 Å². The summed E-state index contributed by atoms with van der Waals surface area (Å²) in [5.41, 5.74) is -1.60. The van der Waals surface area contributed by atoms with Crippen molar-refractivity contribution < 1.29 is 26.0 Å². The van der Waals surface area contributed by atoms with Crippen molar-refractivity contribution in [3.05, 3.63) is 47.8 Å². The molecule has 0 aliphatic carbocycles. The number of halogens is 4. The van der Waals surface area contributed by atoms with Gasteiger partial charge in [-0.05, 0) is 30.5 Å². The molecule has 0 saturated carbocycles. The van der Waals surface area contributed by atoms with E-state index in [0.717, 1.165) is 18.3 Å². The molecule has 10 heteroatoms. The zero-order chi connectivity index (χ0) is 18.2. The number of imidazole rings is 1. The number of rotatable bonds is 4. The number of hydrogen-bond donors (Lipinski definition) is 1. The second-order valence-electron chi connectivity index (χ2n) is 5.89. The highest BCUT2D eigenvalue weighted by Gasteiger charge is 2.35. The van der Waals surface area contributed by atoms with Gasteiger partial charge in [-0.1, -0.05) is 0 Å². The second kappa shape index (κ2) is 6.41. The second-order valence-corrected chi connectivity index (χ2v) is 7.65. The van der Waals surface area contributed by atoms with Crippen molar-refractivity contribution in [3.63, 3.8) is 0 Å². The Labute approximate surface area is 141 Å². The summed E-state index contributed by atoms with van der Waals surface area (Å²) in [7, 11) is -4.17. The highest BCUT2D eigenvalue weighted by atomic mass is 32.2. The molecule has 0 bridgehead atoms. The number of aryl methyl sites for hydroxylation is 1. The molecule has 1 aliphatic heterocycles. The van der Waals surface area contributed by atoms with Gasteiger partial charge in [0.15, 0.2) is 0 Å². The van der Waals surface area contributed by atoms with Gasteiger partial charge in [-0.3, -0.25) is 0 Å². The fourth-order valence-corrected chi connectivity index (χ4v) is 3.93. The van der Waals surface area contributed by atoms with Crippen molar-refractivity contribution >= 4 is 10.0 Å². The summed E-state index contributed by atoms with van der Waals surface area (Å²) in [6.45, 7) is 0.782. The fraction of sp³-hybridized carbons (Fsp3) is 0.400. The molecule has 1 aromatic carbocycles. The molecule has 1 atom stereocenters. The SMILES string of the molecule is O=S(=O)(NCC1CCn2ccnc2C1)c1ccc(F)c(C(F)(F)F)c1. The number of sulfonamides is 1. The Morgan fingerprint density at radius 2 is 2.08 bits per heavy atom. The van der Waals surface area contributed by atoms with E-state index in [9.17, 15) is 26.0 Å². The standard InChI is InChI=1S/C15H15F4N3O2S/c16-13-2-1-11(8-12(13)15(17,18)19)25(23,24)21-9-10-3-5-22-6-4-20-14(22)7-10/h1-2,4,6,8,10,21H,3,5,7,9H2. The van der Waals surface area contributed by atoms with E-state index in [0.29, 0.717) is 25.1 Å². The van der Waals surface area contributed by atoms with Crippen LogP contribution in [0.25, 0.3) is 0 Å². The molecule has 0 radical (unpaired) electrons. The molecule has 0 amide bonds. The van der Waals surface area contributed by atoms with Crippen LogP contribution in [0.5, 0.6) is 0 Å². The largest absolute Gasteiger partial charge is 0.419 e. The van der Waals surface area contributed by atoms with E-state index in [4.69, 9.17) is 0 Å². The smallest absolute Gasteiger partial charge is 0.335 e. The van der Waals surface area contributed by atoms with Crippen LogP contribution >= 0.6 is 0 Å². The summed E-state index contributed by atoms with van der Waals surface area (Å²) in [5.74, 6) is -0.672. The Morgan fingerprint density at radius 3 is 2.80 bits per heavy atom. The van der Waals surface area contributed by atoms with E-state index >= 15 is 0 Å². The van der Waals surface area contributed by atoms with E-state index in [2.05, 4.69) is 9.71 Å². The van der Waals surface area contributed by atoms with Crippen LogP contribution in [0.3, 0.4) is 0 Å². The summed E-state index contributed by atoms with van der Waals surface area (Å²) in [6.07, 6.45) is -0.155. The van der Waals surface area contributed by atoms with Gasteiger partial charge in [0, 0.05) is 31.9 Å². The van der Waals surface area contributed by atoms with Crippen molar-refractivity contribution in [2.75, 3.05) is 6.54 Å². The Hall–Kier alpha value is -1.94. The third kappa shape index (κ3) is 3.84. The minimum Gasteiger partial charge on any atom is -0.335 e. The van der Waals surface area contributed by atoms with Gasteiger partial charge in [0.1, 0.15) is 11.6 Å². The van der Waals surface area contributed by atoms with Gasteiger partial charge >= 0.3 is 6.18 Å². The maximum atomic E-state index is 13.3. The van der Waals surface area contributed by atoms with E-state index in [1.165, 1.54) is 0 Å². The van der Waals surface area contributed by atoms with Gasteiger partial charge in [-0.2, -0.15) is 13.2 Å². The fourth-order valence-electron chi connectivity index (χ4n) is 2.79. The predicted octanol–water partition coefficient (Wildman–Crippen LogP) is 2.58. The number of aromatic nitrogens is 2. The third-order valence-corrected chi connectivity index (χ3v) is 5.59. The van der Waals surface area contributed by atoms with Crippen molar-refractivity contribution in [1.82, 2.24) is 14.3 Å². The number of benzene rings is 1. The molecular weight excluding hydrogens is 362 g/mol. The van der Waals surface area contributed by atoms with Gasteiger partial charge in [-0.25, -0.2) is 22.5 Å². The topological polar surface area (TPSA) is 64.0 Å². The Balaban J connectivity index is 1.72. The summed E-state index contributed by atoms with van der Waals surface area (Å²) in [6, 6.07) is 1.64. The third-order valence-electron chi connectivity index (χ3n) is 4.17. The average molecular weight is 377 g/mol. The summed E-state index contributed by atoms with van der Waals surface area (Å²) < 4.78 is 80.3. The maximum Gasteiger partial charge on any atom is 0.419 e. The average Bonchev–Trinajstić information content (AvgIpc) is 2.99. The molecule has 2 aromatic rings. The predicted molar refractivity (Wildman–Crippen MR) is 80.6 cm³/mol. The van der Waals surface area contributed by atoms with Gasteiger partial charge in [0.2, 0.25) is 10.0 Å². The Morgan fingerprint density at radius 1 is 1.32 bits per heavy atom. The first kappa shape index (κ1) is 17.9. The zero-order valence-electron chi connectivity index (χ0n) is 12.9. The number of nitrogens with one attached hydrogen (secondary N) is 1. The molecule has 3 rings (SSSR count). The monoisotopic (exact) mass is 377 g/mol. The normalized spacial score (nSPS) is 18.2. The molecule has 25 heavy (non-hydrogen) atoms. The number of nitrogens with zero attached hydrogens (tertiary/aromatic N) is 2. The molecular formula is C15H15F4N3O2S. The molecule has 0 saturated heterocycles. The molecule has 2 heterocycles. The number of fused-ring (bicyclic) bond motifs is 1. The lowest BCUT2D eigenvalue weighted by atomic mass is 9.98. The van der Waals surface area contributed by atoms with E-state index < -0.39 is 32.5 Å². The lowest BCUT2D eigenvalue weighted by Crippen LogP contribution is -2.33. The lowest BCUT2D eigenvalue weighted by molar-refractivity contribution is -0.140. The molecule has 1 aliphatic rings. The molecule has 0 fully saturated rings. The van der Waals surface area contributed by atoms with Crippen LogP contribution in [0, 0.1) is 11.7 Å². The quantitative estimate of drug-likeness (QED) is 0.833. The number of alkyl halides is 3. The summed E-state index contributed by atoms with van der Waals surface area (Å²) >= 11 is 0. The first-order valence-electron chi connectivity index (χ1n) is 7.53. The highest BCUT2D eigenvalue weighted by molar-refractivity contribution is 7.89. The lowest BCUT2D eigenvalue weighted by Gasteiger charge is -2.23. The van der Waals surface area contributed by atoms with Crippen LogP contribution in [0.15, 0.2) is 35.5 Å². The highest BCUT2D eigenvalue weighted by Crippen LogP contribution is 2.32. The molecule has 1 N–H and O–H groups in total. The van der Waals surface area contributed by atoms with Gasteiger partial charge in [0.05, 0.1) is 10.5 Å². The van der Waals surface area contributed by atoms with Crippen LogP contribution in [-0.2, 0) is 29.2 Å². The van der Waals surface area contributed by atoms with Crippen LogP contribution in [0.4, 0.5) is 17.6 Å². The van der Waals surface area contributed by atoms with Crippen LogP contribution in [0.1, 0.15) is 17.8 Å². The summed E-state index contributed by atoms with van der Waals surface area (Å²) in [4.78, 5) is 3.56. The molecule has 1 unspecified atom stereocenters. The van der Waals surface area contributed by atoms with E-state index in [1.54, 1.807) is 6.20 Å². The maximum absolute atomic E-state index is 13.3. The Kier molecular flexibility index (Phi) is 4.58. The number of hydrogen-bond acceptors (Lipinski definition) is 3. The minimum absolute atomic E-state index is 0.00721. The molecule has 5 nitrogen and oxygen atoms in total. The van der Waals surface area contributed by atoms with Crippen LogP contribution < -0.4 is 4.72 Å². The van der Waals surface area contributed by atoms with Crippen molar-refractivity contribution in [2.24, 2.45) is 5.92 Å². The summed E-state index contributed by atoms with van der Waals surface area (Å²) in [5, 5.41) is 0. The van der Waals surface area contributed by atoms with Crippen molar-refractivity contribution in [1.29, 1.82) is 0 Å². The first-order valence-corrected chi connectivity index (χ1v) is 9.01. The molecule has 136 valence electrons. The van der Waals surface area contributed by atoms with Gasteiger partial charge in [0.25, 0.3) is 0 Å². The molecule has 1 aromatic heterocycles. The minimum atomic E-state index is -4.96. The van der Waals surface area contributed by atoms with Gasteiger partial charge in [-0.15, -0.1) is 0 Å². The van der Waals surface area contributed by atoms with Crippen LogP contribution in [0.2, 0.25) is 0 Å². The zero-order valence-corrected chi connectivity index (χ0v) is 13.7. The first-order chi connectivity index (χ1) is 11.7. The van der Waals surface area contributed by atoms with Crippen LogP contribution in [-0.4, -0.2) is 24.5 Å². The van der Waals surface area contributed by atoms with Crippen molar-refractivity contribution in [2.45, 2.75) is 30.5 Å². The molecule has 0 spiro atoms. The van der Waals surface area contributed by atoms with E-state index in [-0.39, 0.29) is 12.5 Å². The Bertz CT molecular complexity index is 877. The van der Waals surface area contributed by atoms with Crippen molar-refractivity contribution in [3.8, 4) is 0 Å².